The van der Waals surface area contributed by atoms with E-state index in [2.05, 4.69) is 0 Å². The highest BCUT2D eigenvalue weighted by atomic mass is 35.5. The Labute approximate surface area is 173 Å². The van der Waals surface area contributed by atoms with E-state index in [4.69, 9.17) is 15.8 Å². The number of rotatable bonds is 5. The number of likely N-dealkylation sites (tertiary alicyclic amines) is 1. The first kappa shape index (κ1) is 21.7. The molecule has 1 heterocycles. The van der Waals surface area contributed by atoms with Gasteiger partial charge in [0.05, 0.1) is 9.92 Å². The fourth-order valence-corrected chi connectivity index (χ4v) is 4.18. The van der Waals surface area contributed by atoms with Gasteiger partial charge in [0, 0.05) is 31.5 Å². The maximum Gasteiger partial charge on any atom is 0.297 e. The van der Waals surface area contributed by atoms with Gasteiger partial charge in [-0.15, -0.1) is 0 Å². The average molecular weight is 444 g/mol. The Morgan fingerprint density at radius 2 is 1.79 bits per heavy atom. The van der Waals surface area contributed by atoms with E-state index in [1.54, 1.807) is 12.1 Å². The van der Waals surface area contributed by atoms with Gasteiger partial charge in [0.25, 0.3) is 16.0 Å². The second kappa shape index (κ2) is 8.38. The van der Waals surface area contributed by atoms with Gasteiger partial charge in [-0.1, -0.05) is 29.3 Å². The number of carbonyl (C=O) groups excluding carboxylic acids is 1. The number of hydrogen-bond donors (Lipinski definition) is 0. The molecule has 1 aliphatic heterocycles. The van der Waals surface area contributed by atoms with Gasteiger partial charge in [-0.05, 0) is 37.3 Å². The van der Waals surface area contributed by atoms with Crippen molar-refractivity contribution < 1.29 is 26.2 Å². The summed E-state index contributed by atoms with van der Waals surface area (Å²) in [4.78, 5) is 13.9. The topological polar surface area (TPSA) is 63.7 Å². The molecule has 2 aromatic rings. The molecule has 0 aliphatic carbocycles. The third-order valence-electron chi connectivity index (χ3n) is 4.90. The number of nitrogens with zero attached hydrogens (tertiary/aromatic N) is 1. The van der Waals surface area contributed by atoms with Crippen molar-refractivity contribution in [3.8, 4) is 0 Å². The molecule has 1 amide bonds. The Kier molecular flexibility index (Phi) is 6.26. The number of halogens is 3. The molecule has 0 atom stereocenters. The van der Waals surface area contributed by atoms with Gasteiger partial charge in [-0.3, -0.25) is 8.98 Å². The molecule has 3 rings (SSSR count). The van der Waals surface area contributed by atoms with Gasteiger partial charge in [0.15, 0.2) is 0 Å². The monoisotopic (exact) mass is 443 g/mol. The normalized spacial score (nSPS) is 16.6. The zero-order valence-corrected chi connectivity index (χ0v) is 17.3. The van der Waals surface area contributed by atoms with Gasteiger partial charge in [-0.25, -0.2) is 8.78 Å². The van der Waals surface area contributed by atoms with E-state index >= 15 is 4.39 Å². The van der Waals surface area contributed by atoms with Crippen molar-refractivity contribution in [3.05, 3.63) is 64.4 Å². The third-order valence-corrected chi connectivity index (χ3v) is 6.46. The van der Waals surface area contributed by atoms with Gasteiger partial charge < -0.3 is 4.90 Å². The summed E-state index contributed by atoms with van der Waals surface area (Å²) >= 11 is 5.71. The average Bonchev–Trinajstić information content (AvgIpc) is 2.69. The van der Waals surface area contributed by atoms with E-state index in [0.717, 1.165) is 11.6 Å². The molecule has 156 valence electrons. The molecule has 0 spiro atoms. The minimum absolute atomic E-state index is 0.0347. The van der Waals surface area contributed by atoms with Crippen LogP contribution in [0.25, 0.3) is 0 Å². The second-order valence-corrected chi connectivity index (χ2v) is 9.12. The van der Waals surface area contributed by atoms with Gasteiger partial charge in [-0.2, -0.15) is 8.42 Å². The molecule has 0 bridgehead atoms. The molecule has 9 heteroatoms. The number of aryl methyl sites for hydroxylation is 1. The van der Waals surface area contributed by atoms with Crippen LogP contribution in [0.2, 0.25) is 5.02 Å². The Morgan fingerprint density at radius 3 is 2.38 bits per heavy atom. The lowest BCUT2D eigenvalue weighted by atomic mass is 9.94. The Hall–Kier alpha value is -2.03. The molecule has 5 nitrogen and oxygen atoms in total. The number of piperidine rings is 1. The number of hydrogen-bond acceptors (Lipinski definition) is 4. The highest BCUT2D eigenvalue weighted by molar-refractivity contribution is 7.86. The van der Waals surface area contributed by atoms with Crippen LogP contribution >= 0.6 is 11.6 Å². The van der Waals surface area contributed by atoms with Crippen molar-refractivity contribution in [3.63, 3.8) is 0 Å². The molecule has 1 saturated heterocycles. The highest BCUT2D eigenvalue weighted by Gasteiger charge is 2.38. The summed E-state index contributed by atoms with van der Waals surface area (Å²) in [6.45, 7) is 1.37. The van der Waals surface area contributed by atoms with Crippen LogP contribution in [0, 0.1) is 12.7 Å². The predicted octanol–water partition coefficient (Wildman–Crippen LogP) is 4.14. The van der Waals surface area contributed by atoms with Crippen LogP contribution in [-0.4, -0.2) is 44.6 Å². The van der Waals surface area contributed by atoms with Gasteiger partial charge in [0.2, 0.25) is 0 Å². The smallest absolute Gasteiger partial charge is 0.297 e. The van der Waals surface area contributed by atoms with Crippen molar-refractivity contribution in [2.24, 2.45) is 0 Å². The molecular formula is C20H20ClF2NO4S. The lowest BCUT2D eigenvalue weighted by Crippen LogP contribution is -2.46. The predicted molar refractivity (Wildman–Crippen MR) is 105 cm³/mol. The molecule has 1 fully saturated rings. The van der Waals surface area contributed by atoms with E-state index in [-0.39, 0.29) is 47.3 Å². The summed E-state index contributed by atoms with van der Waals surface area (Å²) in [6, 6.07) is 9.73. The lowest BCUT2D eigenvalue weighted by Gasteiger charge is -2.36. The number of alkyl halides is 1. The Bertz CT molecular complexity index is 1000. The summed E-state index contributed by atoms with van der Waals surface area (Å²) < 4.78 is 57.7. The fourth-order valence-electron chi connectivity index (χ4n) is 3.02. The third kappa shape index (κ3) is 5.12. The van der Waals surface area contributed by atoms with Gasteiger partial charge >= 0.3 is 0 Å². The first-order valence-electron chi connectivity index (χ1n) is 8.99. The van der Waals surface area contributed by atoms with Crippen molar-refractivity contribution >= 4 is 27.6 Å². The summed E-state index contributed by atoms with van der Waals surface area (Å²) in [6.07, 6.45) is -0.145. The van der Waals surface area contributed by atoms with Crippen LogP contribution in [0.15, 0.2) is 47.4 Å². The van der Waals surface area contributed by atoms with E-state index in [1.807, 2.05) is 6.92 Å². The first-order chi connectivity index (χ1) is 13.6. The minimum Gasteiger partial charge on any atom is -0.338 e. The number of amides is 1. The second-order valence-electron chi connectivity index (χ2n) is 7.10. The maximum absolute atomic E-state index is 15.0. The van der Waals surface area contributed by atoms with Crippen LogP contribution in [0.5, 0.6) is 0 Å². The highest BCUT2D eigenvalue weighted by Crippen LogP contribution is 2.29. The molecule has 29 heavy (non-hydrogen) atoms. The van der Waals surface area contributed by atoms with Crippen LogP contribution in [0.3, 0.4) is 0 Å². The Balaban J connectivity index is 1.59. The van der Waals surface area contributed by atoms with Gasteiger partial charge in [0.1, 0.15) is 18.1 Å². The molecule has 0 N–H and O–H groups in total. The van der Waals surface area contributed by atoms with E-state index < -0.39 is 28.2 Å². The molecule has 0 unspecified atom stereocenters. The fraction of sp³-hybridized carbons (Fsp3) is 0.350. The largest absolute Gasteiger partial charge is 0.338 e. The van der Waals surface area contributed by atoms with Crippen molar-refractivity contribution in [2.45, 2.75) is 30.3 Å². The summed E-state index contributed by atoms with van der Waals surface area (Å²) in [5, 5.41) is -0.164. The minimum atomic E-state index is -4.07. The summed E-state index contributed by atoms with van der Waals surface area (Å²) in [7, 11) is -4.07. The quantitative estimate of drug-likeness (QED) is 0.651. The molecule has 0 aromatic heterocycles. The van der Waals surface area contributed by atoms with Crippen LogP contribution < -0.4 is 0 Å². The van der Waals surface area contributed by atoms with Crippen LogP contribution in [0.4, 0.5) is 8.78 Å². The van der Waals surface area contributed by atoms with Crippen molar-refractivity contribution in [1.29, 1.82) is 0 Å². The standard InChI is InChI=1S/C20H20ClF2NO4S/c1-14-2-5-16(6-3-14)29(26,27)28-13-20(23)8-10-24(11-9-20)19(25)15-4-7-18(22)17(21)12-15/h2-7,12H,8-11,13H2,1H3. The number of benzene rings is 2. The maximum atomic E-state index is 15.0. The molecule has 2 aromatic carbocycles. The van der Waals surface area contributed by atoms with Crippen molar-refractivity contribution in [2.75, 3.05) is 19.7 Å². The molecule has 0 saturated carbocycles. The summed E-state index contributed by atoms with van der Waals surface area (Å²) in [5.74, 6) is -1.02. The number of carbonyl (C=O) groups is 1. The van der Waals surface area contributed by atoms with Crippen LogP contribution in [0.1, 0.15) is 28.8 Å². The molecule has 0 radical (unpaired) electrons. The zero-order chi connectivity index (χ0) is 21.2. The molecule has 1 aliphatic rings. The first-order valence-corrected chi connectivity index (χ1v) is 10.8. The lowest BCUT2D eigenvalue weighted by molar-refractivity contribution is 0.0186. The SMILES string of the molecule is Cc1ccc(S(=O)(=O)OCC2(F)CCN(C(=O)c3ccc(F)c(Cl)c3)CC2)cc1. The summed E-state index contributed by atoms with van der Waals surface area (Å²) in [5.41, 5.74) is -0.763. The van der Waals surface area contributed by atoms with E-state index in [0.29, 0.717) is 0 Å². The molecular weight excluding hydrogens is 424 g/mol. The van der Waals surface area contributed by atoms with E-state index in [9.17, 15) is 17.6 Å². The Morgan fingerprint density at radius 1 is 1.17 bits per heavy atom. The van der Waals surface area contributed by atoms with Crippen molar-refractivity contribution in [1.82, 2.24) is 4.90 Å². The van der Waals surface area contributed by atoms with Crippen LogP contribution in [-0.2, 0) is 14.3 Å². The zero-order valence-electron chi connectivity index (χ0n) is 15.7. The van der Waals surface area contributed by atoms with E-state index in [1.165, 1.54) is 29.2 Å².